The normalized spacial score (nSPS) is 16.3. The van der Waals surface area contributed by atoms with Gasteiger partial charge in [0.2, 0.25) is 5.91 Å². The van der Waals surface area contributed by atoms with E-state index in [0.29, 0.717) is 5.69 Å². The monoisotopic (exact) mass is 305 g/mol. The van der Waals surface area contributed by atoms with Gasteiger partial charge in [-0.3, -0.25) is 4.79 Å². The molecule has 0 radical (unpaired) electrons. The zero-order chi connectivity index (χ0) is 15.9. The molecule has 0 heterocycles. The maximum atomic E-state index is 11.9. The lowest BCUT2D eigenvalue weighted by molar-refractivity contribution is -0.160. The summed E-state index contributed by atoms with van der Waals surface area (Å²) in [5.41, 5.74) is 1.52. The van der Waals surface area contributed by atoms with E-state index in [4.69, 9.17) is 9.47 Å². The van der Waals surface area contributed by atoms with Crippen LogP contribution in [-0.4, -0.2) is 24.1 Å². The summed E-state index contributed by atoms with van der Waals surface area (Å²) in [7, 11) is 0. The van der Waals surface area contributed by atoms with Crippen molar-refractivity contribution in [3.8, 4) is 0 Å². The fourth-order valence-corrected chi connectivity index (χ4v) is 2.58. The van der Waals surface area contributed by atoms with Gasteiger partial charge < -0.3 is 14.8 Å². The van der Waals surface area contributed by atoms with Gasteiger partial charge in [-0.15, -0.1) is 0 Å². The molecule has 1 amide bonds. The fourth-order valence-electron chi connectivity index (χ4n) is 2.58. The van der Waals surface area contributed by atoms with Gasteiger partial charge in [-0.25, -0.2) is 4.79 Å². The molecule has 0 spiro atoms. The van der Waals surface area contributed by atoms with E-state index in [1.54, 1.807) is 19.1 Å². The van der Waals surface area contributed by atoms with Crippen LogP contribution in [0.1, 0.15) is 45.1 Å². The maximum Gasteiger partial charge on any atom is 0.335 e. The van der Waals surface area contributed by atoms with Crippen molar-refractivity contribution >= 4 is 17.6 Å². The van der Waals surface area contributed by atoms with Crippen molar-refractivity contribution in [3.05, 3.63) is 29.8 Å². The third-order valence-electron chi connectivity index (χ3n) is 3.66. The number of carbonyl (C=O) groups is 2. The lowest BCUT2D eigenvalue weighted by atomic mass is 10.2. The number of amides is 1. The van der Waals surface area contributed by atoms with E-state index in [0.717, 1.165) is 18.4 Å². The average Bonchev–Trinajstić information content (AvgIpc) is 2.97. The highest BCUT2D eigenvalue weighted by molar-refractivity contribution is 5.88. The second-order valence-electron chi connectivity index (χ2n) is 5.67. The number of benzene rings is 1. The Labute approximate surface area is 131 Å². The first kappa shape index (κ1) is 16.5. The second kappa shape index (κ2) is 7.94. The van der Waals surface area contributed by atoms with Crippen molar-refractivity contribution in [1.82, 2.24) is 0 Å². The molecule has 5 nitrogen and oxygen atoms in total. The first-order chi connectivity index (χ1) is 10.5. The van der Waals surface area contributed by atoms with Crippen molar-refractivity contribution in [2.24, 2.45) is 0 Å². The number of hydrogen-bond donors (Lipinski definition) is 1. The van der Waals surface area contributed by atoms with Gasteiger partial charge in [-0.1, -0.05) is 25.0 Å². The first-order valence-corrected chi connectivity index (χ1v) is 7.73. The predicted octanol–water partition coefficient (Wildman–Crippen LogP) is 3.04. The number of carbonyl (C=O) groups excluding carboxylic acids is 2. The summed E-state index contributed by atoms with van der Waals surface area (Å²) < 4.78 is 11.0. The van der Waals surface area contributed by atoms with Crippen LogP contribution in [0.4, 0.5) is 5.69 Å². The molecule has 1 aromatic carbocycles. The molecule has 1 N–H and O–H groups in total. The minimum Gasteiger partial charge on any atom is -0.459 e. The molecule has 5 heteroatoms. The van der Waals surface area contributed by atoms with Crippen LogP contribution in [0.15, 0.2) is 24.3 Å². The van der Waals surface area contributed by atoms with E-state index in [1.165, 1.54) is 19.8 Å². The van der Waals surface area contributed by atoms with E-state index in [2.05, 4.69) is 5.32 Å². The van der Waals surface area contributed by atoms with Crippen LogP contribution >= 0.6 is 0 Å². The molecule has 0 unspecified atom stereocenters. The summed E-state index contributed by atoms with van der Waals surface area (Å²) in [6.45, 7) is 3.35. The smallest absolute Gasteiger partial charge is 0.335 e. The van der Waals surface area contributed by atoms with Gasteiger partial charge in [-0.05, 0) is 37.5 Å². The van der Waals surface area contributed by atoms with E-state index >= 15 is 0 Å². The van der Waals surface area contributed by atoms with Crippen LogP contribution in [0, 0.1) is 0 Å². The Bertz CT molecular complexity index is 523. The molecule has 22 heavy (non-hydrogen) atoms. The molecule has 1 aliphatic carbocycles. The van der Waals surface area contributed by atoms with Gasteiger partial charge >= 0.3 is 5.97 Å². The van der Waals surface area contributed by atoms with E-state index in [-0.39, 0.29) is 24.6 Å². The topological polar surface area (TPSA) is 64.6 Å². The molecule has 0 bridgehead atoms. The molecule has 1 atom stereocenters. The summed E-state index contributed by atoms with van der Waals surface area (Å²) in [6.07, 6.45) is 4.03. The maximum absolute atomic E-state index is 11.9. The van der Waals surface area contributed by atoms with E-state index < -0.39 is 6.10 Å². The zero-order valence-electron chi connectivity index (χ0n) is 13.1. The van der Waals surface area contributed by atoms with Crippen LogP contribution in [0.25, 0.3) is 0 Å². The Kier molecular flexibility index (Phi) is 5.95. The minimum absolute atomic E-state index is 0.132. The Balaban J connectivity index is 1.81. The molecule has 0 aliphatic heterocycles. The Hall–Kier alpha value is -1.88. The molecule has 1 aliphatic rings. The van der Waals surface area contributed by atoms with Crippen LogP contribution in [-0.2, 0) is 25.7 Å². The Morgan fingerprint density at radius 1 is 1.32 bits per heavy atom. The van der Waals surface area contributed by atoms with Crippen molar-refractivity contribution in [2.75, 3.05) is 5.32 Å². The molecule has 2 rings (SSSR count). The van der Waals surface area contributed by atoms with Gasteiger partial charge in [0.1, 0.15) is 6.61 Å². The molecular formula is C17H23NO4. The number of ether oxygens (including phenoxy) is 2. The standard InChI is InChI=1S/C17H23NO4/c1-12(22-16-8-3-4-9-16)17(20)21-11-14-6-5-7-15(10-14)18-13(2)19/h5-7,10,12,16H,3-4,8-9,11H2,1-2H3,(H,18,19)/t12-/m1/s1. The van der Waals surface area contributed by atoms with Gasteiger partial charge in [0, 0.05) is 12.6 Å². The molecule has 1 aromatic rings. The molecule has 0 saturated heterocycles. The van der Waals surface area contributed by atoms with Crippen molar-refractivity contribution in [2.45, 2.75) is 58.3 Å². The Morgan fingerprint density at radius 3 is 2.73 bits per heavy atom. The fraction of sp³-hybridized carbons (Fsp3) is 0.529. The molecule has 120 valence electrons. The number of anilines is 1. The lowest BCUT2D eigenvalue weighted by Gasteiger charge is -2.17. The highest BCUT2D eigenvalue weighted by Gasteiger charge is 2.23. The number of hydrogen-bond acceptors (Lipinski definition) is 4. The highest BCUT2D eigenvalue weighted by Crippen LogP contribution is 2.22. The number of rotatable bonds is 6. The average molecular weight is 305 g/mol. The zero-order valence-corrected chi connectivity index (χ0v) is 13.1. The number of nitrogens with one attached hydrogen (secondary N) is 1. The first-order valence-electron chi connectivity index (χ1n) is 7.73. The van der Waals surface area contributed by atoms with Crippen LogP contribution in [0.5, 0.6) is 0 Å². The van der Waals surface area contributed by atoms with E-state index in [9.17, 15) is 9.59 Å². The number of esters is 1. The van der Waals surface area contributed by atoms with Crippen molar-refractivity contribution in [1.29, 1.82) is 0 Å². The van der Waals surface area contributed by atoms with E-state index in [1.807, 2.05) is 12.1 Å². The summed E-state index contributed by atoms with van der Waals surface area (Å²) in [5, 5.41) is 2.70. The quantitative estimate of drug-likeness (QED) is 0.820. The summed E-state index contributed by atoms with van der Waals surface area (Å²) >= 11 is 0. The molecule has 1 saturated carbocycles. The Morgan fingerprint density at radius 2 is 2.05 bits per heavy atom. The third-order valence-corrected chi connectivity index (χ3v) is 3.66. The van der Waals surface area contributed by atoms with Crippen molar-refractivity contribution < 1.29 is 19.1 Å². The molecule has 0 aromatic heterocycles. The summed E-state index contributed by atoms with van der Waals surface area (Å²) in [4.78, 5) is 23.0. The van der Waals surface area contributed by atoms with Gasteiger partial charge in [0.15, 0.2) is 6.10 Å². The SMILES string of the molecule is CC(=O)Nc1cccc(COC(=O)[C@@H](C)OC2CCCC2)c1. The van der Waals surface area contributed by atoms with Gasteiger partial charge in [-0.2, -0.15) is 0 Å². The lowest BCUT2D eigenvalue weighted by Crippen LogP contribution is -2.27. The molecule has 1 fully saturated rings. The van der Waals surface area contributed by atoms with Crippen LogP contribution in [0.3, 0.4) is 0 Å². The highest BCUT2D eigenvalue weighted by atomic mass is 16.6. The summed E-state index contributed by atoms with van der Waals surface area (Å²) in [6, 6.07) is 7.24. The minimum atomic E-state index is -0.540. The van der Waals surface area contributed by atoms with Gasteiger partial charge in [0.05, 0.1) is 6.10 Å². The second-order valence-corrected chi connectivity index (χ2v) is 5.67. The van der Waals surface area contributed by atoms with Crippen molar-refractivity contribution in [3.63, 3.8) is 0 Å². The molecular weight excluding hydrogens is 282 g/mol. The predicted molar refractivity (Wildman–Crippen MR) is 83.3 cm³/mol. The largest absolute Gasteiger partial charge is 0.459 e. The third kappa shape index (κ3) is 5.15. The van der Waals surface area contributed by atoms with Gasteiger partial charge in [0.25, 0.3) is 0 Å². The summed E-state index contributed by atoms with van der Waals surface area (Å²) in [5.74, 6) is -0.482. The van der Waals surface area contributed by atoms with Crippen LogP contribution < -0.4 is 5.32 Å². The van der Waals surface area contributed by atoms with Crippen LogP contribution in [0.2, 0.25) is 0 Å².